The first-order valence-electron chi connectivity index (χ1n) is 4.54. The third-order valence-corrected chi connectivity index (χ3v) is 2.44. The maximum atomic E-state index is 5.87. The molecular formula is C11H11ClN2. The van der Waals surface area contributed by atoms with E-state index in [-0.39, 0.29) is 0 Å². The molecule has 0 atom stereocenters. The maximum Gasteiger partial charge on any atom is 0.133 e. The van der Waals surface area contributed by atoms with E-state index in [2.05, 4.69) is 23.5 Å². The van der Waals surface area contributed by atoms with E-state index in [1.807, 2.05) is 18.2 Å². The van der Waals surface area contributed by atoms with Crippen LogP contribution in [0.3, 0.4) is 0 Å². The van der Waals surface area contributed by atoms with Crippen molar-refractivity contribution in [2.45, 2.75) is 13.3 Å². The fourth-order valence-corrected chi connectivity index (χ4v) is 1.49. The number of fused-ring (bicyclic) bond motifs is 1. The van der Waals surface area contributed by atoms with Crippen molar-refractivity contribution >= 4 is 28.2 Å². The number of H-pyrrole nitrogens is 1. The number of allylic oxidation sites excluding steroid dienone is 1. The Kier molecular flexibility index (Phi) is 2.30. The molecule has 0 aliphatic carbocycles. The van der Waals surface area contributed by atoms with Gasteiger partial charge in [-0.15, -0.1) is 0 Å². The highest BCUT2D eigenvalue weighted by Crippen LogP contribution is 2.20. The van der Waals surface area contributed by atoms with E-state index in [0.717, 1.165) is 33.9 Å². The minimum atomic E-state index is 0.717. The summed E-state index contributed by atoms with van der Waals surface area (Å²) in [6.45, 7) is 5.99. The van der Waals surface area contributed by atoms with E-state index in [4.69, 9.17) is 11.6 Å². The molecule has 0 aliphatic heterocycles. The summed E-state index contributed by atoms with van der Waals surface area (Å²) in [6.07, 6.45) is 0.896. The largest absolute Gasteiger partial charge is 0.338 e. The number of nitrogens with zero attached hydrogens (tertiary/aromatic N) is 1. The summed E-state index contributed by atoms with van der Waals surface area (Å²) in [5, 5.41) is 0.717. The molecule has 72 valence electrons. The molecule has 0 amide bonds. The van der Waals surface area contributed by atoms with Gasteiger partial charge in [-0.25, -0.2) is 4.98 Å². The fraction of sp³-hybridized carbons (Fsp3) is 0.182. The first-order valence-corrected chi connectivity index (χ1v) is 4.92. The zero-order valence-electron chi connectivity index (χ0n) is 7.97. The van der Waals surface area contributed by atoms with E-state index in [9.17, 15) is 0 Å². The summed E-state index contributed by atoms with van der Waals surface area (Å²) in [5.74, 6) is 0.852. The molecule has 3 heteroatoms. The van der Waals surface area contributed by atoms with Gasteiger partial charge in [-0.05, 0) is 30.2 Å². The summed E-state index contributed by atoms with van der Waals surface area (Å²) < 4.78 is 0. The van der Waals surface area contributed by atoms with Crippen LogP contribution in [0.2, 0.25) is 5.02 Å². The lowest BCUT2D eigenvalue weighted by Gasteiger charge is -1.93. The SMILES string of the molecule is C=C(CC)c1nc2ccc(Cl)cc2[nH]1. The number of hydrogen-bond acceptors (Lipinski definition) is 1. The summed E-state index contributed by atoms with van der Waals surface area (Å²) in [7, 11) is 0. The summed E-state index contributed by atoms with van der Waals surface area (Å²) in [5.41, 5.74) is 2.90. The zero-order valence-corrected chi connectivity index (χ0v) is 8.73. The highest BCUT2D eigenvalue weighted by atomic mass is 35.5. The molecule has 2 rings (SSSR count). The number of aromatic nitrogens is 2. The second kappa shape index (κ2) is 3.46. The molecule has 0 bridgehead atoms. The lowest BCUT2D eigenvalue weighted by atomic mass is 10.2. The van der Waals surface area contributed by atoms with Crippen molar-refractivity contribution < 1.29 is 0 Å². The standard InChI is InChI=1S/C11H11ClN2/c1-3-7(2)11-13-9-5-4-8(12)6-10(9)14-11/h4-6H,2-3H2,1H3,(H,13,14). The molecule has 2 aromatic rings. The molecule has 0 spiro atoms. The molecule has 14 heavy (non-hydrogen) atoms. The van der Waals surface area contributed by atoms with Crippen LogP contribution in [0.15, 0.2) is 24.8 Å². The Hall–Kier alpha value is -1.28. The number of rotatable bonds is 2. The Balaban J connectivity index is 2.56. The lowest BCUT2D eigenvalue weighted by molar-refractivity contribution is 1.16. The van der Waals surface area contributed by atoms with Crippen molar-refractivity contribution in [3.05, 3.63) is 35.6 Å². The van der Waals surface area contributed by atoms with Crippen molar-refractivity contribution in [2.24, 2.45) is 0 Å². The van der Waals surface area contributed by atoms with Crippen LogP contribution >= 0.6 is 11.6 Å². The average Bonchev–Trinajstić information content (AvgIpc) is 2.59. The molecule has 0 fully saturated rings. The van der Waals surface area contributed by atoms with Gasteiger partial charge >= 0.3 is 0 Å². The lowest BCUT2D eigenvalue weighted by Crippen LogP contribution is -1.82. The average molecular weight is 207 g/mol. The molecule has 1 N–H and O–H groups in total. The molecule has 0 unspecified atom stereocenters. The van der Waals surface area contributed by atoms with Gasteiger partial charge in [-0.2, -0.15) is 0 Å². The minimum absolute atomic E-state index is 0.717. The number of nitrogens with one attached hydrogen (secondary N) is 1. The summed E-state index contributed by atoms with van der Waals surface area (Å²) in [6, 6.07) is 5.61. The smallest absolute Gasteiger partial charge is 0.133 e. The van der Waals surface area contributed by atoms with Gasteiger partial charge in [0.2, 0.25) is 0 Å². The van der Waals surface area contributed by atoms with E-state index < -0.39 is 0 Å². The highest BCUT2D eigenvalue weighted by Gasteiger charge is 2.04. The van der Waals surface area contributed by atoms with Gasteiger partial charge in [-0.3, -0.25) is 0 Å². The van der Waals surface area contributed by atoms with Crippen molar-refractivity contribution in [3.63, 3.8) is 0 Å². The number of imidazole rings is 1. The maximum absolute atomic E-state index is 5.87. The van der Waals surface area contributed by atoms with Gasteiger partial charge in [0.1, 0.15) is 5.82 Å². The Morgan fingerprint density at radius 3 is 3.07 bits per heavy atom. The van der Waals surface area contributed by atoms with Crippen LogP contribution in [0.5, 0.6) is 0 Å². The third kappa shape index (κ3) is 1.53. The van der Waals surface area contributed by atoms with Crippen LogP contribution in [-0.4, -0.2) is 9.97 Å². The highest BCUT2D eigenvalue weighted by molar-refractivity contribution is 6.31. The van der Waals surface area contributed by atoms with Gasteiger partial charge < -0.3 is 4.98 Å². The molecule has 1 aromatic carbocycles. The quantitative estimate of drug-likeness (QED) is 0.799. The summed E-state index contributed by atoms with van der Waals surface area (Å²) in [4.78, 5) is 7.60. The number of halogens is 1. The van der Waals surface area contributed by atoms with Gasteiger partial charge in [0.25, 0.3) is 0 Å². The van der Waals surface area contributed by atoms with Crippen LogP contribution in [0, 0.1) is 0 Å². The molecule has 2 nitrogen and oxygen atoms in total. The monoisotopic (exact) mass is 206 g/mol. The van der Waals surface area contributed by atoms with E-state index in [0.29, 0.717) is 0 Å². The second-order valence-electron chi connectivity index (χ2n) is 3.20. The van der Waals surface area contributed by atoms with Gasteiger partial charge in [-0.1, -0.05) is 25.1 Å². The number of aromatic amines is 1. The first-order chi connectivity index (χ1) is 6.70. The molecule has 0 aliphatic rings. The molecule has 1 aromatic heterocycles. The predicted molar refractivity (Wildman–Crippen MR) is 60.4 cm³/mol. The third-order valence-electron chi connectivity index (χ3n) is 2.21. The Bertz CT molecular complexity index is 485. The van der Waals surface area contributed by atoms with Crippen LogP contribution in [0.1, 0.15) is 19.2 Å². The van der Waals surface area contributed by atoms with E-state index in [1.54, 1.807) is 0 Å². The Morgan fingerprint density at radius 2 is 2.36 bits per heavy atom. The fourth-order valence-electron chi connectivity index (χ4n) is 1.32. The minimum Gasteiger partial charge on any atom is -0.338 e. The molecule has 0 radical (unpaired) electrons. The Labute approximate surface area is 87.6 Å². The van der Waals surface area contributed by atoms with Gasteiger partial charge in [0.05, 0.1) is 11.0 Å². The first kappa shape index (κ1) is 9.28. The van der Waals surface area contributed by atoms with Crippen LogP contribution in [0.25, 0.3) is 16.6 Å². The molecule has 0 saturated carbocycles. The zero-order chi connectivity index (χ0) is 10.1. The van der Waals surface area contributed by atoms with Crippen molar-refractivity contribution in [1.29, 1.82) is 0 Å². The van der Waals surface area contributed by atoms with E-state index in [1.165, 1.54) is 0 Å². The van der Waals surface area contributed by atoms with Crippen LogP contribution in [0.4, 0.5) is 0 Å². The van der Waals surface area contributed by atoms with E-state index >= 15 is 0 Å². The molecule has 0 saturated heterocycles. The second-order valence-corrected chi connectivity index (χ2v) is 3.64. The summed E-state index contributed by atoms with van der Waals surface area (Å²) >= 11 is 5.87. The van der Waals surface area contributed by atoms with Gasteiger partial charge in [0, 0.05) is 5.02 Å². The topological polar surface area (TPSA) is 28.7 Å². The molecule has 1 heterocycles. The van der Waals surface area contributed by atoms with Gasteiger partial charge in [0.15, 0.2) is 0 Å². The Morgan fingerprint density at radius 1 is 1.57 bits per heavy atom. The van der Waals surface area contributed by atoms with Crippen molar-refractivity contribution in [3.8, 4) is 0 Å². The van der Waals surface area contributed by atoms with Crippen molar-refractivity contribution in [1.82, 2.24) is 9.97 Å². The van der Waals surface area contributed by atoms with Crippen LogP contribution in [-0.2, 0) is 0 Å². The van der Waals surface area contributed by atoms with Crippen molar-refractivity contribution in [2.75, 3.05) is 0 Å². The number of hydrogen-bond donors (Lipinski definition) is 1. The number of benzene rings is 1. The predicted octanol–water partition coefficient (Wildman–Crippen LogP) is 3.64. The van der Waals surface area contributed by atoms with Crippen LogP contribution < -0.4 is 0 Å². The normalized spacial score (nSPS) is 10.7. The molecular weight excluding hydrogens is 196 g/mol.